The lowest BCUT2D eigenvalue weighted by atomic mass is 10.2. The molecule has 18 heavy (non-hydrogen) atoms. The number of amidine groups is 1. The average Bonchev–Trinajstić information content (AvgIpc) is 2.74. The first kappa shape index (κ1) is 12.5. The number of amides is 1. The van der Waals surface area contributed by atoms with Gasteiger partial charge in [0.05, 0.1) is 22.1 Å². The van der Waals surface area contributed by atoms with Gasteiger partial charge >= 0.3 is 0 Å². The van der Waals surface area contributed by atoms with E-state index in [0.717, 1.165) is 0 Å². The van der Waals surface area contributed by atoms with Crippen molar-refractivity contribution in [2.24, 2.45) is 4.99 Å². The zero-order valence-electron chi connectivity index (χ0n) is 9.59. The molecule has 6 nitrogen and oxygen atoms in total. The molecule has 94 valence electrons. The molecule has 0 N–H and O–H groups in total. The van der Waals surface area contributed by atoms with E-state index in [0.29, 0.717) is 18.9 Å². The molecule has 1 aliphatic rings. The lowest BCUT2D eigenvalue weighted by molar-refractivity contribution is -0.384. The molecule has 0 radical (unpaired) electrons. The zero-order valence-corrected chi connectivity index (χ0v) is 10.3. The molecule has 0 saturated heterocycles. The number of non-ortho nitro benzene ring substituents is 1. The van der Waals surface area contributed by atoms with Crippen LogP contribution in [-0.4, -0.2) is 34.7 Å². The highest BCUT2D eigenvalue weighted by molar-refractivity contribution is 6.34. The molecule has 1 aromatic rings. The smallest absolute Gasteiger partial charge is 0.270 e. The predicted molar refractivity (Wildman–Crippen MR) is 67.1 cm³/mol. The molecular formula is C11H10ClN3O3. The number of halogens is 1. The molecule has 0 unspecified atom stereocenters. The van der Waals surface area contributed by atoms with Crippen LogP contribution in [0, 0.1) is 10.1 Å². The number of nitrogens with zero attached hydrogens (tertiary/aromatic N) is 3. The molecule has 2 rings (SSSR count). The van der Waals surface area contributed by atoms with Crippen LogP contribution in [0.4, 0.5) is 5.69 Å². The number of nitro groups is 1. The Bertz CT molecular complexity index is 556. The van der Waals surface area contributed by atoms with Gasteiger partial charge in [0.25, 0.3) is 11.6 Å². The van der Waals surface area contributed by atoms with Gasteiger partial charge in [-0.2, -0.15) is 0 Å². The van der Waals surface area contributed by atoms with Gasteiger partial charge < -0.3 is 0 Å². The molecule has 1 aliphatic heterocycles. The van der Waals surface area contributed by atoms with E-state index in [-0.39, 0.29) is 22.2 Å². The van der Waals surface area contributed by atoms with Crippen LogP contribution in [0.2, 0.25) is 5.02 Å². The number of hydrogen-bond donors (Lipinski definition) is 0. The Labute approximate surface area is 108 Å². The van der Waals surface area contributed by atoms with Gasteiger partial charge in [0, 0.05) is 18.7 Å². The van der Waals surface area contributed by atoms with Gasteiger partial charge in [-0.05, 0) is 13.0 Å². The molecule has 1 heterocycles. The molecule has 0 aromatic heterocycles. The molecule has 1 aromatic carbocycles. The standard InChI is InChI=1S/C11H10ClN3O3/c1-7-13-4-5-14(7)11(16)9-3-2-8(15(17)18)6-10(9)12/h2-3,6H,4-5H2,1H3. The highest BCUT2D eigenvalue weighted by Gasteiger charge is 2.24. The molecule has 0 spiro atoms. The van der Waals surface area contributed by atoms with Gasteiger partial charge in [-0.15, -0.1) is 0 Å². The SMILES string of the molecule is CC1=NCCN1C(=O)c1ccc([N+](=O)[O-])cc1Cl. The first-order valence-corrected chi connectivity index (χ1v) is 5.65. The molecule has 0 saturated carbocycles. The Kier molecular flexibility index (Phi) is 3.29. The van der Waals surface area contributed by atoms with E-state index < -0.39 is 4.92 Å². The first-order valence-electron chi connectivity index (χ1n) is 5.27. The maximum Gasteiger partial charge on any atom is 0.270 e. The second kappa shape index (κ2) is 4.73. The van der Waals surface area contributed by atoms with Crippen LogP contribution in [0.3, 0.4) is 0 Å². The minimum absolute atomic E-state index is 0.0777. The Morgan fingerprint density at radius 1 is 1.56 bits per heavy atom. The molecule has 0 fully saturated rings. The fraction of sp³-hybridized carbons (Fsp3) is 0.273. The Hall–Kier alpha value is -1.95. The summed E-state index contributed by atoms with van der Waals surface area (Å²) in [6.45, 7) is 2.82. The van der Waals surface area contributed by atoms with Crippen LogP contribution >= 0.6 is 11.6 Å². The van der Waals surface area contributed by atoms with Crippen LogP contribution in [0.25, 0.3) is 0 Å². The van der Waals surface area contributed by atoms with Crippen molar-refractivity contribution in [1.82, 2.24) is 4.90 Å². The van der Waals surface area contributed by atoms with Gasteiger partial charge in [0.15, 0.2) is 0 Å². The zero-order chi connectivity index (χ0) is 13.3. The third-order valence-corrected chi connectivity index (χ3v) is 3.01. The number of benzene rings is 1. The summed E-state index contributed by atoms with van der Waals surface area (Å²) < 4.78 is 0. The molecule has 0 bridgehead atoms. The number of aliphatic imine (C=N–C) groups is 1. The Morgan fingerprint density at radius 3 is 2.78 bits per heavy atom. The minimum atomic E-state index is -0.553. The average molecular weight is 268 g/mol. The van der Waals surface area contributed by atoms with Crippen LogP contribution in [0.5, 0.6) is 0 Å². The van der Waals surface area contributed by atoms with Crippen LogP contribution in [0.15, 0.2) is 23.2 Å². The van der Waals surface area contributed by atoms with Crippen molar-refractivity contribution < 1.29 is 9.72 Å². The molecule has 7 heteroatoms. The van der Waals surface area contributed by atoms with Gasteiger partial charge in [-0.3, -0.25) is 24.8 Å². The fourth-order valence-electron chi connectivity index (χ4n) is 1.74. The lowest BCUT2D eigenvalue weighted by Crippen LogP contribution is -2.32. The fourth-order valence-corrected chi connectivity index (χ4v) is 2.00. The summed E-state index contributed by atoms with van der Waals surface area (Å²) >= 11 is 5.90. The molecule has 0 atom stereocenters. The number of rotatable bonds is 2. The summed E-state index contributed by atoms with van der Waals surface area (Å²) in [6.07, 6.45) is 0. The van der Waals surface area contributed by atoms with Gasteiger partial charge in [0.2, 0.25) is 0 Å². The van der Waals surface area contributed by atoms with Crippen LogP contribution in [0.1, 0.15) is 17.3 Å². The number of carbonyl (C=O) groups is 1. The molecule has 1 amide bonds. The first-order chi connectivity index (χ1) is 8.50. The van der Waals surface area contributed by atoms with Crippen LogP contribution < -0.4 is 0 Å². The largest absolute Gasteiger partial charge is 0.295 e. The second-order valence-corrected chi connectivity index (χ2v) is 4.21. The topological polar surface area (TPSA) is 75.8 Å². The van der Waals surface area contributed by atoms with Crippen molar-refractivity contribution >= 4 is 29.0 Å². The number of hydrogen-bond acceptors (Lipinski definition) is 4. The molecule has 0 aliphatic carbocycles. The van der Waals surface area contributed by atoms with E-state index in [2.05, 4.69) is 4.99 Å². The van der Waals surface area contributed by atoms with E-state index in [9.17, 15) is 14.9 Å². The molecular weight excluding hydrogens is 258 g/mol. The highest BCUT2D eigenvalue weighted by atomic mass is 35.5. The number of nitro benzene ring substituents is 1. The summed E-state index contributed by atoms with van der Waals surface area (Å²) in [5.74, 6) is 0.350. The Balaban J connectivity index is 2.31. The minimum Gasteiger partial charge on any atom is -0.295 e. The van der Waals surface area contributed by atoms with E-state index in [1.165, 1.54) is 23.1 Å². The van der Waals surface area contributed by atoms with Crippen molar-refractivity contribution in [3.63, 3.8) is 0 Å². The maximum atomic E-state index is 12.2. The maximum absolute atomic E-state index is 12.2. The third kappa shape index (κ3) is 2.19. The van der Waals surface area contributed by atoms with Crippen molar-refractivity contribution in [3.8, 4) is 0 Å². The third-order valence-electron chi connectivity index (χ3n) is 2.69. The summed E-state index contributed by atoms with van der Waals surface area (Å²) in [4.78, 5) is 27.8. The summed E-state index contributed by atoms with van der Waals surface area (Å²) in [5, 5.41) is 10.7. The normalized spacial score (nSPS) is 14.6. The van der Waals surface area contributed by atoms with Crippen molar-refractivity contribution in [3.05, 3.63) is 38.9 Å². The van der Waals surface area contributed by atoms with Crippen molar-refractivity contribution in [2.45, 2.75) is 6.92 Å². The number of carbonyl (C=O) groups excluding carboxylic acids is 1. The lowest BCUT2D eigenvalue weighted by Gasteiger charge is -2.16. The predicted octanol–water partition coefficient (Wildman–Crippen LogP) is 2.12. The van der Waals surface area contributed by atoms with Gasteiger partial charge in [-0.25, -0.2) is 0 Å². The second-order valence-electron chi connectivity index (χ2n) is 3.81. The highest BCUT2D eigenvalue weighted by Crippen LogP contribution is 2.24. The van der Waals surface area contributed by atoms with E-state index >= 15 is 0 Å². The Morgan fingerprint density at radius 2 is 2.28 bits per heavy atom. The van der Waals surface area contributed by atoms with Crippen molar-refractivity contribution in [1.29, 1.82) is 0 Å². The van der Waals surface area contributed by atoms with Gasteiger partial charge in [-0.1, -0.05) is 11.6 Å². The van der Waals surface area contributed by atoms with Crippen LogP contribution in [-0.2, 0) is 0 Å². The quantitative estimate of drug-likeness (QED) is 0.608. The summed E-state index contributed by atoms with van der Waals surface area (Å²) in [6, 6.07) is 3.81. The van der Waals surface area contributed by atoms with E-state index in [4.69, 9.17) is 11.6 Å². The summed E-state index contributed by atoms with van der Waals surface area (Å²) in [5.41, 5.74) is 0.113. The van der Waals surface area contributed by atoms with Crippen molar-refractivity contribution in [2.75, 3.05) is 13.1 Å². The van der Waals surface area contributed by atoms with Gasteiger partial charge in [0.1, 0.15) is 5.84 Å². The summed E-state index contributed by atoms with van der Waals surface area (Å²) in [7, 11) is 0. The van der Waals surface area contributed by atoms with E-state index in [1.807, 2.05) is 0 Å². The monoisotopic (exact) mass is 267 g/mol. The van der Waals surface area contributed by atoms with E-state index in [1.54, 1.807) is 6.92 Å².